The number of carbonyl (C=O) groups is 9. The van der Waals surface area contributed by atoms with Crippen molar-refractivity contribution in [2.75, 3.05) is 6.54 Å². The molecule has 336 valence electrons. The molecule has 0 spiro atoms. The number of carboxylic acid groups (broad SMARTS) is 3. The summed E-state index contributed by atoms with van der Waals surface area (Å²) in [4.78, 5) is 119. The number of hydrogen-bond donors (Lipinski definition) is 12. The van der Waals surface area contributed by atoms with E-state index >= 15 is 0 Å². The van der Waals surface area contributed by atoms with Crippen molar-refractivity contribution in [3.63, 3.8) is 0 Å². The summed E-state index contributed by atoms with van der Waals surface area (Å²) in [5.74, 6) is -11.0. The molecule has 0 rings (SSSR count). The summed E-state index contributed by atoms with van der Waals surface area (Å²) in [5.41, 5.74) is 16.5. The third kappa shape index (κ3) is 21.7. The van der Waals surface area contributed by atoms with Crippen LogP contribution in [0.15, 0.2) is 4.99 Å². The lowest BCUT2D eigenvalue weighted by Gasteiger charge is -2.29. The van der Waals surface area contributed by atoms with Gasteiger partial charge >= 0.3 is 17.9 Å². The Hall–Kier alpha value is -5.54. The number of hydrogen-bond acceptors (Lipinski definition) is 11. The van der Waals surface area contributed by atoms with Gasteiger partial charge in [-0.15, -0.1) is 0 Å². The van der Waals surface area contributed by atoms with E-state index in [2.05, 4.69) is 36.9 Å². The minimum absolute atomic E-state index is 0.0559. The molecular formula is C37H66N10O12. The van der Waals surface area contributed by atoms with Gasteiger partial charge in [0.25, 0.3) is 0 Å². The van der Waals surface area contributed by atoms with Crippen molar-refractivity contribution in [3.05, 3.63) is 0 Å². The lowest BCUT2D eigenvalue weighted by Crippen LogP contribution is -2.61. The van der Waals surface area contributed by atoms with Gasteiger partial charge < -0.3 is 64.4 Å². The van der Waals surface area contributed by atoms with E-state index in [4.69, 9.17) is 17.2 Å². The van der Waals surface area contributed by atoms with Crippen molar-refractivity contribution in [1.29, 1.82) is 0 Å². The van der Waals surface area contributed by atoms with Crippen LogP contribution in [0.3, 0.4) is 0 Å². The van der Waals surface area contributed by atoms with Crippen LogP contribution in [0.25, 0.3) is 0 Å². The number of carboxylic acids is 3. The first-order valence-corrected chi connectivity index (χ1v) is 19.6. The van der Waals surface area contributed by atoms with Crippen molar-refractivity contribution >= 4 is 59.3 Å². The third-order valence-electron chi connectivity index (χ3n) is 8.80. The van der Waals surface area contributed by atoms with Crippen LogP contribution in [-0.2, 0) is 43.2 Å². The predicted octanol–water partition coefficient (Wildman–Crippen LogP) is -1.90. The first kappa shape index (κ1) is 53.5. The van der Waals surface area contributed by atoms with Crippen molar-refractivity contribution in [2.45, 2.75) is 143 Å². The molecule has 0 unspecified atom stereocenters. The van der Waals surface area contributed by atoms with E-state index in [1.54, 1.807) is 41.5 Å². The van der Waals surface area contributed by atoms with Crippen LogP contribution in [0.4, 0.5) is 0 Å². The third-order valence-corrected chi connectivity index (χ3v) is 8.80. The van der Waals surface area contributed by atoms with Gasteiger partial charge in [0.2, 0.25) is 35.4 Å². The molecule has 7 atom stereocenters. The van der Waals surface area contributed by atoms with Crippen LogP contribution in [0.2, 0.25) is 0 Å². The minimum atomic E-state index is -1.78. The standard InChI is InChI=1S/C37H66N10O12/c1-17(2)14-23(31(53)42-21(11-12-26(48)49)30(52)43-22(36(58)59)10-9-13-41-37(39)40)44-32(54)25(16-27(50)51)46-35(57)29(20(7)8)47-33(55)24(15-18(3)4)45-34(56)28(38)19(5)6/h17-25,28-29H,9-16,38H2,1-8H3,(H,42,53)(H,43,52)(H,44,54)(H,45,56)(H,46,57)(H,47,55)(H,48,49)(H,50,51)(H,58,59)(H4,39,40,41)/t21-,22-,23-,24-,25-,28-,29-/m0/s1. The number of nitrogens with two attached hydrogens (primary N) is 3. The van der Waals surface area contributed by atoms with Crippen LogP contribution >= 0.6 is 0 Å². The number of guanidine groups is 1. The molecule has 0 fully saturated rings. The first-order chi connectivity index (χ1) is 27.3. The summed E-state index contributed by atoms with van der Waals surface area (Å²) in [6.07, 6.45) is -1.89. The number of aliphatic carboxylic acids is 3. The fourth-order valence-corrected chi connectivity index (χ4v) is 5.53. The Balaban J connectivity index is 6.34. The maximum atomic E-state index is 13.7. The van der Waals surface area contributed by atoms with Crippen LogP contribution in [-0.4, -0.2) is 123 Å². The number of aliphatic imine (C=N–C) groups is 1. The quantitative estimate of drug-likeness (QED) is 0.0233. The lowest BCUT2D eigenvalue weighted by atomic mass is 9.98. The minimum Gasteiger partial charge on any atom is -0.481 e. The predicted molar refractivity (Wildman–Crippen MR) is 215 cm³/mol. The zero-order valence-electron chi connectivity index (χ0n) is 35.2. The fraction of sp³-hybridized carbons (Fsp3) is 0.730. The van der Waals surface area contributed by atoms with E-state index in [9.17, 15) is 58.5 Å². The normalized spacial score (nSPS) is 14.8. The van der Waals surface area contributed by atoms with E-state index in [1.165, 1.54) is 0 Å². The van der Waals surface area contributed by atoms with E-state index in [0.717, 1.165) is 0 Å². The molecule has 0 radical (unpaired) electrons. The van der Waals surface area contributed by atoms with Crippen molar-refractivity contribution in [3.8, 4) is 0 Å². The Kier molecular flexibility index (Phi) is 24.0. The summed E-state index contributed by atoms with van der Waals surface area (Å²) in [5, 5.41) is 43.2. The summed E-state index contributed by atoms with van der Waals surface area (Å²) < 4.78 is 0. The SMILES string of the molecule is CC(C)C[C@H](NC(=O)[C@H](CC(=O)O)NC(=O)[C@@H](NC(=O)[C@H](CC(C)C)NC(=O)[C@@H](N)C(C)C)C(C)C)C(=O)N[C@@H](CCC(=O)O)C(=O)N[C@@H](CCCN=C(N)N)C(=O)O. The molecule has 0 aromatic rings. The highest BCUT2D eigenvalue weighted by Crippen LogP contribution is 2.12. The maximum absolute atomic E-state index is 13.7. The molecule has 0 bridgehead atoms. The van der Waals surface area contributed by atoms with Crippen LogP contribution < -0.4 is 49.1 Å². The molecule has 0 heterocycles. The lowest BCUT2D eigenvalue weighted by molar-refractivity contribution is -0.143. The van der Waals surface area contributed by atoms with E-state index in [0.29, 0.717) is 0 Å². The highest BCUT2D eigenvalue weighted by atomic mass is 16.4. The van der Waals surface area contributed by atoms with Gasteiger partial charge in [-0.3, -0.25) is 43.3 Å². The maximum Gasteiger partial charge on any atom is 0.326 e. The monoisotopic (exact) mass is 842 g/mol. The average molecular weight is 843 g/mol. The Morgan fingerprint density at radius 3 is 1.41 bits per heavy atom. The van der Waals surface area contributed by atoms with Gasteiger partial charge in [-0.1, -0.05) is 55.4 Å². The first-order valence-electron chi connectivity index (χ1n) is 19.6. The Morgan fingerprint density at radius 1 is 0.525 bits per heavy atom. The smallest absolute Gasteiger partial charge is 0.326 e. The Bertz CT molecular complexity index is 1500. The molecule has 0 saturated carbocycles. The molecule has 59 heavy (non-hydrogen) atoms. The summed E-state index contributed by atoms with van der Waals surface area (Å²) in [6.45, 7) is 13.7. The zero-order chi connectivity index (χ0) is 45.7. The molecule has 22 heteroatoms. The summed E-state index contributed by atoms with van der Waals surface area (Å²) in [6, 6.07) is -9.59. The molecule has 0 aliphatic carbocycles. The average Bonchev–Trinajstić information content (AvgIpc) is 3.10. The highest BCUT2D eigenvalue weighted by Gasteiger charge is 2.36. The molecule has 6 amide bonds. The second kappa shape index (κ2) is 26.5. The number of nitrogens with one attached hydrogen (secondary N) is 6. The molecule has 0 aromatic carbocycles. The van der Waals surface area contributed by atoms with Crippen molar-refractivity contribution in [1.82, 2.24) is 31.9 Å². The molecular weight excluding hydrogens is 776 g/mol. The topological polar surface area (TPSA) is 377 Å². The van der Waals surface area contributed by atoms with E-state index in [-0.39, 0.29) is 55.9 Å². The fourth-order valence-electron chi connectivity index (χ4n) is 5.53. The number of rotatable bonds is 28. The Morgan fingerprint density at radius 2 is 0.966 bits per heavy atom. The second-order valence-corrected chi connectivity index (χ2v) is 15.9. The summed E-state index contributed by atoms with van der Waals surface area (Å²) in [7, 11) is 0. The van der Waals surface area contributed by atoms with Crippen molar-refractivity contribution in [2.24, 2.45) is 45.9 Å². The summed E-state index contributed by atoms with van der Waals surface area (Å²) >= 11 is 0. The van der Waals surface area contributed by atoms with Crippen LogP contribution in [0.1, 0.15) is 100 Å². The van der Waals surface area contributed by atoms with Gasteiger partial charge in [0.1, 0.15) is 36.3 Å². The van der Waals surface area contributed by atoms with Gasteiger partial charge in [-0.25, -0.2) is 4.79 Å². The Labute approximate surface area is 344 Å². The van der Waals surface area contributed by atoms with Gasteiger partial charge in [0.15, 0.2) is 5.96 Å². The molecule has 22 nitrogen and oxygen atoms in total. The molecule has 0 aliphatic rings. The van der Waals surface area contributed by atoms with Crippen LogP contribution in [0.5, 0.6) is 0 Å². The van der Waals surface area contributed by atoms with E-state index < -0.39 is 121 Å². The molecule has 0 aliphatic heterocycles. The zero-order valence-corrected chi connectivity index (χ0v) is 35.2. The second-order valence-electron chi connectivity index (χ2n) is 15.9. The van der Waals surface area contributed by atoms with Crippen molar-refractivity contribution < 1.29 is 58.5 Å². The van der Waals surface area contributed by atoms with Crippen LogP contribution in [0, 0.1) is 23.7 Å². The van der Waals surface area contributed by atoms with Gasteiger partial charge in [-0.05, 0) is 55.8 Å². The number of nitrogens with zero attached hydrogens (tertiary/aromatic N) is 1. The molecule has 0 aromatic heterocycles. The molecule has 15 N–H and O–H groups in total. The largest absolute Gasteiger partial charge is 0.481 e. The van der Waals surface area contributed by atoms with Gasteiger partial charge in [-0.2, -0.15) is 0 Å². The molecule has 0 saturated heterocycles. The number of carbonyl (C=O) groups excluding carboxylic acids is 6. The highest BCUT2D eigenvalue weighted by molar-refractivity contribution is 5.98. The van der Waals surface area contributed by atoms with E-state index in [1.807, 2.05) is 13.8 Å². The van der Waals surface area contributed by atoms with Gasteiger partial charge in [0.05, 0.1) is 12.5 Å². The number of amides is 6. The van der Waals surface area contributed by atoms with Gasteiger partial charge in [0, 0.05) is 13.0 Å².